The molecule has 2 atom stereocenters. The third-order valence-electron chi connectivity index (χ3n) is 6.27. The fourth-order valence-corrected chi connectivity index (χ4v) is 5.72. The van der Waals surface area contributed by atoms with Gasteiger partial charge in [0.15, 0.2) is 0 Å². The molecule has 3 rings (SSSR count). The Morgan fingerprint density at radius 1 is 1.07 bits per heavy atom. The van der Waals surface area contributed by atoms with Crippen LogP contribution in [0.5, 0.6) is 0 Å². The fraction of sp³-hybridized carbons (Fsp3) is 0.600. The number of hydrogen-bond acceptors (Lipinski definition) is 4. The van der Waals surface area contributed by atoms with Crippen LogP contribution in [-0.4, -0.2) is 25.8 Å². The zero-order valence-corrected chi connectivity index (χ0v) is 17.6. The summed E-state index contributed by atoms with van der Waals surface area (Å²) in [5.74, 6) is -0.593. The average Bonchev–Trinajstić information content (AvgIpc) is 2.69. The summed E-state index contributed by atoms with van der Waals surface area (Å²) in [6.07, 6.45) is 1.39. The molecule has 1 aliphatic heterocycles. The maximum atomic E-state index is 13.2. The maximum Gasteiger partial charge on any atom is 0.241 e. The topological polar surface area (TPSA) is 83.6 Å². The van der Waals surface area contributed by atoms with Crippen LogP contribution < -0.4 is 9.62 Å². The molecule has 7 heteroatoms. The summed E-state index contributed by atoms with van der Waals surface area (Å²) < 4.78 is 27.5. The van der Waals surface area contributed by atoms with Gasteiger partial charge in [0, 0.05) is 11.5 Å². The van der Waals surface area contributed by atoms with Crippen molar-refractivity contribution >= 4 is 27.5 Å². The van der Waals surface area contributed by atoms with Crippen molar-refractivity contribution < 1.29 is 18.0 Å². The van der Waals surface area contributed by atoms with Crippen LogP contribution in [0.3, 0.4) is 0 Å². The zero-order valence-electron chi connectivity index (χ0n) is 16.8. The van der Waals surface area contributed by atoms with Crippen LogP contribution in [0.2, 0.25) is 0 Å². The zero-order chi connectivity index (χ0) is 20.4. The van der Waals surface area contributed by atoms with Gasteiger partial charge < -0.3 is 0 Å². The third kappa shape index (κ3) is 3.01. The van der Waals surface area contributed by atoms with E-state index >= 15 is 0 Å². The summed E-state index contributed by atoms with van der Waals surface area (Å²) in [6.45, 7) is 11.2. The van der Waals surface area contributed by atoms with Gasteiger partial charge in [-0.15, -0.1) is 0 Å². The summed E-state index contributed by atoms with van der Waals surface area (Å²) in [7, 11) is -3.67. The van der Waals surface area contributed by atoms with E-state index in [-0.39, 0.29) is 28.0 Å². The lowest BCUT2D eigenvalue weighted by molar-refractivity contribution is -0.146. The lowest BCUT2D eigenvalue weighted by Gasteiger charge is -2.47. The Kier molecular flexibility index (Phi) is 4.36. The van der Waals surface area contributed by atoms with E-state index in [0.29, 0.717) is 18.5 Å². The Bertz CT molecular complexity index is 897. The van der Waals surface area contributed by atoms with Gasteiger partial charge in [0.1, 0.15) is 0 Å². The smallest absolute Gasteiger partial charge is 0.241 e. The van der Waals surface area contributed by atoms with Gasteiger partial charge in [0.25, 0.3) is 0 Å². The van der Waals surface area contributed by atoms with Crippen molar-refractivity contribution in [2.75, 3.05) is 4.90 Å². The minimum atomic E-state index is -3.67. The highest BCUT2D eigenvalue weighted by molar-refractivity contribution is 7.89. The van der Waals surface area contributed by atoms with Gasteiger partial charge in [-0.2, -0.15) is 0 Å². The van der Waals surface area contributed by atoms with E-state index in [4.69, 9.17) is 0 Å². The van der Waals surface area contributed by atoms with Crippen LogP contribution in [0.1, 0.15) is 54.4 Å². The van der Waals surface area contributed by atoms with E-state index in [1.165, 1.54) is 29.2 Å². The quantitative estimate of drug-likeness (QED) is 0.801. The van der Waals surface area contributed by atoms with Crippen molar-refractivity contribution in [1.82, 2.24) is 4.72 Å². The molecule has 1 saturated carbocycles. The first kappa shape index (κ1) is 20.0. The second-order valence-corrected chi connectivity index (χ2v) is 11.2. The van der Waals surface area contributed by atoms with Crippen LogP contribution in [0.25, 0.3) is 0 Å². The fourth-order valence-electron chi connectivity index (χ4n) is 4.30. The van der Waals surface area contributed by atoms with Gasteiger partial charge in [-0.3, -0.25) is 9.59 Å². The number of imide groups is 1. The first-order valence-corrected chi connectivity index (χ1v) is 10.7. The van der Waals surface area contributed by atoms with E-state index in [2.05, 4.69) is 4.72 Å². The summed E-state index contributed by atoms with van der Waals surface area (Å²) in [6, 6.07) is 5.95. The number of piperidine rings is 1. The van der Waals surface area contributed by atoms with Crippen molar-refractivity contribution in [1.29, 1.82) is 0 Å². The molecule has 0 radical (unpaired) electrons. The number of carbonyl (C=O) groups is 2. The minimum absolute atomic E-state index is 0.104. The SMILES string of the molecule is CC(C)(C)NS(=O)(=O)c1ccc(N2C(=O)[C@H]3CC[C@@](C)(C2=O)C3(C)C)cc1. The normalized spacial score (nSPS) is 27.9. The number of nitrogens with one attached hydrogen (secondary N) is 1. The van der Waals surface area contributed by atoms with E-state index in [1.54, 1.807) is 20.8 Å². The number of benzene rings is 1. The number of nitrogens with zero attached hydrogens (tertiary/aromatic N) is 1. The Labute approximate surface area is 161 Å². The van der Waals surface area contributed by atoms with Gasteiger partial charge >= 0.3 is 0 Å². The largest absolute Gasteiger partial charge is 0.274 e. The number of hydrogen-bond donors (Lipinski definition) is 1. The highest BCUT2D eigenvalue weighted by atomic mass is 32.2. The molecular formula is C20H28N2O4S. The first-order chi connectivity index (χ1) is 12.2. The second kappa shape index (κ2) is 5.88. The summed E-state index contributed by atoms with van der Waals surface area (Å²) in [4.78, 5) is 27.5. The molecule has 0 aromatic heterocycles. The molecule has 2 amide bonds. The van der Waals surface area contributed by atoms with Crippen molar-refractivity contribution in [3.63, 3.8) is 0 Å². The molecule has 1 aromatic rings. The van der Waals surface area contributed by atoms with E-state index in [9.17, 15) is 18.0 Å². The van der Waals surface area contributed by atoms with Crippen molar-refractivity contribution in [3.05, 3.63) is 24.3 Å². The second-order valence-electron chi connectivity index (χ2n) is 9.47. The maximum absolute atomic E-state index is 13.2. The van der Waals surface area contributed by atoms with Gasteiger partial charge in [-0.05, 0) is 63.3 Å². The highest BCUT2D eigenvalue weighted by Gasteiger charge is 2.64. The Balaban J connectivity index is 1.95. The van der Waals surface area contributed by atoms with Crippen molar-refractivity contribution in [2.24, 2.45) is 16.7 Å². The van der Waals surface area contributed by atoms with E-state index < -0.39 is 21.0 Å². The van der Waals surface area contributed by atoms with Crippen LogP contribution in [0, 0.1) is 16.7 Å². The van der Waals surface area contributed by atoms with Gasteiger partial charge in [-0.1, -0.05) is 20.8 Å². The summed E-state index contributed by atoms with van der Waals surface area (Å²) >= 11 is 0. The van der Waals surface area contributed by atoms with Crippen LogP contribution >= 0.6 is 0 Å². The van der Waals surface area contributed by atoms with Crippen molar-refractivity contribution in [2.45, 2.75) is 64.8 Å². The van der Waals surface area contributed by atoms with Gasteiger partial charge in [0.2, 0.25) is 21.8 Å². The molecule has 2 fully saturated rings. The minimum Gasteiger partial charge on any atom is -0.274 e. The highest BCUT2D eigenvalue weighted by Crippen LogP contribution is 2.60. The lowest BCUT2D eigenvalue weighted by Crippen LogP contribution is -2.59. The van der Waals surface area contributed by atoms with Crippen LogP contribution in [-0.2, 0) is 19.6 Å². The number of carbonyl (C=O) groups excluding carboxylic acids is 2. The molecule has 1 heterocycles. The van der Waals surface area contributed by atoms with Crippen molar-refractivity contribution in [3.8, 4) is 0 Å². The summed E-state index contributed by atoms with van der Waals surface area (Å²) in [5.41, 5.74) is -1.15. The number of amides is 2. The molecule has 2 aliphatic rings. The van der Waals surface area contributed by atoms with Gasteiger partial charge in [0.05, 0.1) is 16.0 Å². The Hall–Kier alpha value is -1.73. The van der Waals surface area contributed by atoms with Gasteiger partial charge in [-0.25, -0.2) is 18.0 Å². The van der Waals surface area contributed by atoms with E-state index in [0.717, 1.165) is 0 Å². The molecule has 1 saturated heterocycles. The molecule has 0 spiro atoms. The molecule has 2 bridgehead atoms. The lowest BCUT2D eigenvalue weighted by atomic mass is 9.62. The Morgan fingerprint density at radius 2 is 1.63 bits per heavy atom. The number of sulfonamides is 1. The average molecular weight is 393 g/mol. The van der Waals surface area contributed by atoms with Crippen LogP contribution in [0.15, 0.2) is 29.2 Å². The molecule has 27 heavy (non-hydrogen) atoms. The standard InChI is InChI=1S/C20H28N2O4S/c1-18(2,3)21-27(25,26)14-9-7-13(8-10-14)22-16(23)15-11-12-20(6,17(22)24)19(15,4)5/h7-10,15,21H,11-12H2,1-6H3/t15-,20+/m1/s1. The Morgan fingerprint density at radius 3 is 2.15 bits per heavy atom. The van der Waals surface area contributed by atoms with E-state index in [1.807, 2.05) is 20.8 Å². The predicted octanol–water partition coefficient (Wildman–Crippen LogP) is 3.08. The number of anilines is 1. The molecule has 6 nitrogen and oxygen atoms in total. The molecule has 1 N–H and O–H groups in total. The third-order valence-corrected chi connectivity index (χ3v) is 8.04. The number of fused-ring (bicyclic) bond motifs is 2. The number of rotatable bonds is 3. The van der Waals surface area contributed by atoms with Crippen LogP contribution in [0.4, 0.5) is 5.69 Å². The monoisotopic (exact) mass is 392 g/mol. The molecular weight excluding hydrogens is 364 g/mol. The molecule has 148 valence electrons. The first-order valence-electron chi connectivity index (χ1n) is 9.23. The summed E-state index contributed by atoms with van der Waals surface area (Å²) in [5, 5.41) is 0. The molecule has 0 unspecified atom stereocenters. The predicted molar refractivity (Wildman–Crippen MR) is 104 cm³/mol. The molecule has 1 aliphatic carbocycles. The molecule has 1 aromatic carbocycles.